The zero-order chi connectivity index (χ0) is 14.8. The van der Waals surface area contributed by atoms with E-state index in [1.54, 1.807) is 0 Å². The van der Waals surface area contributed by atoms with Crippen molar-refractivity contribution in [2.75, 3.05) is 24.1 Å². The van der Waals surface area contributed by atoms with Gasteiger partial charge in [0.25, 0.3) is 0 Å². The highest BCUT2D eigenvalue weighted by Crippen LogP contribution is 2.34. The van der Waals surface area contributed by atoms with Crippen LogP contribution in [0, 0.1) is 0 Å². The van der Waals surface area contributed by atoms with Crippen molar-refractivity contribution >= 4 is 11.4 Å². The van der Waals surface area contributed by atoms with Crippen LogP contribution in [0.25, 0.3) is 0 Å². The summed E-state index contributed by atoms with van der Waals surface area (Å²) in [5, 5.41) is 3.68. The van der Waals surface area contributed by atoms with Gasteiger partial charge in [-0.15, -0.1) is 0 Å². The summed E-state index contributed by atoms with van der Waals surface area (Å²) in [5.41, 5.74) is 8.03. The first-order valence-corrected chi connectivity index (χ1v) is 8.21. The van der Waals surface area contributed by atoms with Gasteiger partial charge in [-0.1, -0.05) is 12.5 Å². The van der Waals surface area contributed by atoms with Gasteiger partial charge in [-0.05, 0) is 51.8 Å². The second-order valence-corrected chi connectivity index (χ2v) is 6.52. The molecule has 0 aliphatic carbocycles. The average Bonchev–Trinajstić information content (AvgIpc) is 2.86. The molecule has 4 heteroatoms. The molecule has 4 nitrogen and oxygen atoms in total. The van der Waals surface area contributed by atoms with Crippen LogP contribution in [0.5, 0.6) is 5.75 Å². The number of hydrogen-bond donors (Lipinski definition) is 2. The smallest absolute Gasteiger partial charge is 0.144 e. The van der Waals surface area contributed by atoms with Crippen molar-refractivity contribution in [3.05, 3.63) is 18.2 Å². The number of nitrogens with two attached hydrogens (primary N) is 1. The van der Waals surface area contributed by atoms with Crippen LogP contribution >= 0.6 is 0 Å². The second kappa shape index (κ2) is 6.14. The molecule has 1 aromatic carbocycles. The highest BCUT2D eigenvalue weighted by Gasteiger charge is 2.35. The first-order chi connectivity index (χ1) is 10.1. The van der Waals surface area contributed by atoms with Crippen molar-refractivity contribution in [2.45, 2.75) is 57.7 Å². The number of ether oxygens (including phenoxy) is 1. The average molecular weight is 289 g/mol. The SMILES string of the molecule is CC(C)Oc1cccc(NC2CCN3CCCCC23)c1N. The molecule has 3 N–H and O–H groups in total. The van der Waals surface area contributed by atoms with E-state index in [0.717, 1.165) is 17.1 Å². The molecule has 0 radical (unpaired) electrons. The van der Waals surface area contributed by atoms with Gasteiger partial charge < -0.3 is 15.8 Å². The van der Waals surface area contributed by atoms with Gasteiger partial charge in [0.2, 0.25) is 0 Å². The quantitative estimate of drug-likeness (QED) is 0.836. The van der Waals surface area contributed by atoms with Crippen molar-refractivity contribution < 1.29 is 4.74 Å². The lowest BCUT2D eigenvalue weighted by atomic mass is 9.99. The summed E-state index contributed by atoms with van der Waals surface area (Å²) in [4.78, 5) is 2.63. The molecule has 2 fully saturated rings. The summed E-state index contributed by atoms with van der Waals surface area (Å²) < 4.78 is 5.78. The highest BCUT2D eigenvalue weighted by atomic mass is 16.5. The maximum atomic E-state index is 6.28. The Bertz CT molecular complexity index is 489. The van der Waals surface area contributed by atoms with Crippen LogP contribution in [0.3, 0.4) is 0 Å². The van der Waals surface area contributed by atoms with Gasteiger partial charge in [0.05, 0.1) is 17.5 Å². The van der Waals surface area contributed by atoms with Crippen LogP contribution in [0.2, 0.25) is 0 Å². The molecule has 2 aliphatic heterocycles. The van der Waals surface area contributed by atoms with Crippen LogP contribution in [0.15, 0.2) is 18.2 Å². The van der Waals surface area contributed by atoms with E-state index in [2.05, 4.69) is 16.3 Å². The summed E-state index contributed by atoms with van der Waals surface area (Å²) in [5.74, 6) is 0.786. The monoisotopic (exact) mass is 289 g/mol. The number of piperidine rings is 1. The Balaban J connectivity index is 1.73. The Kier molecular flexibility index (Phi) is 4.24. The molecule has 3 rings (SSSR count). The van der Waals surface area contributed by atoms with E-state index in [1.807, 2.05) is 26.0 Å². The number of hydrogen-bond acceptors (Lipinski definition) is 4. The van der Waals surface area contributed by atoms with Gasteiger partial charge in [0, 0.05) is 18.6 Å². The lowest BCUT2D eigenvalue weighted by Crippen LogP contribution is -2.41. The largest absolute Gasteiger partial charge is 0.489 e. The zero-order valence-corrected chi connectivity index (χ0v) is 13.1. The maximum absolute atomic E-state index is 6.28. The van der Waals surface area contributed by atoms with E-state index < -0.39 is 0 Å². The molecule has 2 atom stereocenters. The molecule has 1 aromatic rings. The van der Waals surface area contributed by atoms with Gasteiger partial charge in [-0.2, -0.15) is 0 Å². The molecule has 116 valence electrons. The van der Waals surface area contributed by atoms with E-state index in [4.69, 9.17) is 10.5 Å². The Hall–Kier alpha value is -1.42. The predicted octanol–water partition coefficient (Wildman–Crippen LogP) is 3.09. The third-order valence-corrected chi connectivity index (χ3v) is 4.63. The second-order valence-electron chi connectivity index (χ2n) is 6.52. The first-order valence-electron chi connectivity index (χ1n) is 8.21. The van der Waals surface area contributed by atoms with Gasteiger partial charge in [-0.25, -0.2) is 0 Å². The van der Waals surface area contributed by atoms with E-state index in [0.29, 0.717) is 12.1 Å². The normalized spacial score (nSPS) is 25.9. The summed E-state index contributed by atoms with van der Waals surface area (Å²) in [6.45, 7) is 6.52. The van der Waals surface area contributed by atoms with Crippen LogP contribution < -0.4 is 15.8 Å². The lowest BCUT2D eigenvalue weighted by molar-refractivity contribution is 0.193. The van der Waals surface area contributed by atoms with Gasteiger partial charge in [0.15, 0.2) is 0 Å². The standard InChI is InChI=1S/C17H27N3O/c1-12(2)21-16-8-5-6-14(17(16)18)19-13-9-11-20-10-4-3-7-15(13)20/h5-6,8,12-13,15,19H,3-4,7,9-11,18H2,1-2H3. The maximum Gasteiger partial charge on any atom is 0.144 e. The van der Waals surface area contributed by atoms with Gasteiger partial charge in [0.1, 0.15) is 5.75 Å². The Morgan fingerprint density at radius 3 is 2.90 bits per heavy atom. The Morgan fingerprint density at radius 2 is 2.10 bits per heavy atom. The number of para-hydroxylation sites is 1. The van der Waals surface area contributed by atoms with Crippen molar-refractivity contribution in [1.29, 1.82) is 0 Å². The molecule has 21 heavy (non-hydrogen) atoms. The third kappa shape index (κ3) is 3.10. The van der Waals surface area contributed by atoms with E-state index in [9.17, 15) is 0 Å². The fourth-order valence-corrected chi connectivity index (χ4v) is 3.64. The van der Waals surface area contributed by atoms with Crippen molar-refractivity contribution in [1.82, 2.24) is 4.90 Å². The molecule has 0 aromatic heterocycles. The molecule has 0 bridgehead atoms. The number of nitrogens with one attached hydrogen (secondary N) is 1. The molecule has 2 unspecified atom stereocenters. The predicted molar refractivity (Wildman–Crippen MR) is 87.9 cm³/mol. The minimum atomic E-state index is 0.142. The molecule has 0 amide bonds. The van der Waals surface area contributed by atoms with Crippen molar-refractivity contribution in [3.8, 4) is 5.75 Å². The molecular weight excluding hydrogens is 262 g/mol. The number of fused-ring (bicyclic) bond motifs is 1. The van der Waals surface area contributed by atoms with Crippen LogP contribution in [-0.4, -0.2) is 36.2 Å². The summed E-state index contributed by atoms with van der Waals surface area (Å²) in [6.07, 6.45) is 5.36. The lowest BCUT2D eigenvalue weighted by Gasteiger charge is -2.33. The zero-order valence-electron chi connectivity index (χ0n) is 13.1. The van der Waals surface area contributed by atoms with Gasteiger partial charge >= 0.3 is 0 Å². The Labute approximate surface area is 127 Å². The van der Waals surface area contributed by atoms with E-state index in [1.165, 1.54) is 38.8 Å². The molecule has 0 spiro atoms. The van der Waals surface area contributed by atoms with E-state index in [-0.39, 0.29) is 6.10 Å². The van der Waals surface area contributed by atoms with Crippen LogP contribution in [0.1, 0.15) is 39.5 Å². The molecule has 2 heterocycles. The number of anilines is 2. The van der Waals surface area contributed by atoms with Crippen molar-refractivity contribution in [3.63, 3.8) is 0 Å². The van der Waals surface area contributed by atoms with Crippen LogP contribution in [-0.2, 0) is 0 Å². The first kappa shape index (κ1) is 14.5. The van der Waals surface area contributed by atoms with Crippen LogP contribution in [0.4, 0.5) is 11.4 Å². The molecule has 2 saturated heterocycles. The van der Waals surface area contributed by atoms with E-state index >= 15 is 0 Å². The fourth-order valence-electron chi connectivity index (χ4n) is 3.64. The highest BCUT2D eigenvalue weighted by molar-refractivity contribution is 5.73. The topological polar surface area (TPSA) is 50.5 Å². The number of rotatable bonds is 4. The summed E-state index contributed by atoms with van der Waals surface area (Å²) in [7, 11) is 0. The molecule has 2 aliphatic rings. The fraction of sp³-hybridized carbons (Fsp3) is 0.647. The molecule has 0 saturated carbocycles. The number of nitrogens with zero attached hydrogens (tertiary/aromatic N) is 1. The minimum absolute atomic E-state index is 0.142. The summed E-state index contributed by atoms with van der Waals surface area (Å²) >= 11 is 0. The third-order valence-electron chi connectivity index (χ3n) is 4.63. The number of benzene rings is 1. The Morgan fingerprint density at radius 1 is 1.24 bits per heavy atom. The molecular formula is C17H27N3O. The van der Waals surface area contributed by atoms with Crippen molar-refractivity contribution in [2.24, 2.45) is 0 Å². The number of nitrogen functional groups attached to an aromatic ring is 1. The summed E-state index contributed by atoms with van der Waals surface area (Å²) in [6, 6.07) is 7.22. The van der Waals surface area contributed by atoms with Gasteiger partial charge in [-0.3, -0.25) is 4.90 Å². The minimum Gasteiger partial charge on any atom is -0.489 e.